The largest absolute Gasteiger partial charge is 0.550 e. The Bertz CT molecular complexity index is 574. The van der Waals surface area contributed by atoms with Gasteiger partial charge in [-0.1, -0.05) is 89.7 Å². The number of quaternary nitrogens is 1. The molecule has 37 heavy (non-hydrogen) atoms. The highest BCUT2D eigenvalue weighted by molar-refractivity contribution is 5.67. The summed E-state index contributed by atoms with van der Waals surface area (Å²) in [7, 11) is 0. The van der Waals surface area contributed by atoms with E-state index in [2.05, 4.69) is 19.1 Å². The number of rotatable bonds is 28. The number of allylic oxidation sites excluding steroid dienone is 2. The van der Waals surface area contributed by atoms with Crippen LogP contribution < -0.4 is 5.11 Å². The van der Waals surface area contributed by atoms with Crippen molar-refractivity contribution in [2.45, 2.75) is 135 Å². The first-order chi connectivity index (χ1) is 17.8. The van der Waals surface area contributed by atoms with Crippen LogP contribution in [-0.4, -0.2) is 58.8 Å². The van der Waals surface area contributed by atoms with E-state index in [-0.39, 0.29) is 43.4 Å². The molecule has 0 aromatic rings. The summed E-state index contributed by atoms with van der Waals surface area (Å²) in [6, 6.07) is 0. The van der Waals surface area contributed by atoms with Crippen LogP contribution in [0.15, 0.2) is 12.2 Å². The standard InChI is InChI=1S/C30H55NO6/c1-2-3-4-5-6-7-8-9-10-11-12-13-14-15-16-17-18-19-20-24-31(25-21-28(32)33,26-22-29(34)35)27-23-30(36)37/h14-15H,2-13,16-27H2,1H3,(H2-,32,33,34,35,36,37)/b15-14+. The number of carboxylic acids is 3. The minimum absolute atomic E-state index is 0.101. The number of carbonyl (C=O) groups is 3. The Balaban J connectivity index is 3.99. The molecule has 0 rings (SSSR count). The van der Waals surface area contributed by atoms with E-state index in [9.17, 15) is 19.5 Å². The van der Waals surface area contributed by atoms with Gasteiger partial charge in [-0.15, -0.1) is 0 Å². The number of nitrogens with zero attached hydrogens (tertiary/aromatic N) is 1. The molecular formula is C30H55NO6. The lowest BCUT2D eigenvalue weighted by Crippen LogP contribution is -2.53. The third-order valence-electron chi connectivity index (χ3n) is 7.28. The van der Waals surface area contributed by atoms with E-state index in [1.165, 1.54) is 70.6 Å². The van der Waals surface area contributed by atoms with Crippen molar-refractivity contribution in [2.24, 2.45) is 0 Å². The predicted molar refractivity (Wildman–Crippen MR) is 147 cm³/mol. The molecule has 2 N–H and O–H groups in total. The van der Waals surface area contributed by atoms with Gasteiger partial charge >= 0.3 is 11.9 Å². The Morgan fingerprint density at radius 2 is 0.946 bits per heavy atom. The molecule has 0 aliphatic carbocycles. The minimum atomic E-state index is -1.19. The van der Waals surface area contributed by atoms with E-state index in [0.29, 0.717) is 6.54 Å². The molecule has 0 saturated carbocycles. The van der Waals surface area contributed by atoms with Crippen LogP contribution >= 0.6 is 0 Å². The second kappa shape index (κ2) is 24.4. The van der Waals surface area contributed by atoms with Crippen molar-refractivity contribution in [3.05, 3.63) is 12.2 Å². The molecule has 0 unspecified atom stereocenters. The Kier molecular flexibility index (Phi) is 23.2. The fourth-order valence-electron chi connectivity index (χ4n) is 4.89. The Labute approximate surface area is 225 Å². The first kappa shape index (κ1) is 35.1. The van der Waals surface area contributed by atoms with Gasteiger partial charge in [-0.2, -0.15) is 0 Å². The Morgan fingerprint density at radius 1 is 0.568 bits per heavy atom. The van der Waals surface area contributed by atoms with Gasteiger partial charge in [-0.05, 0) is 38.5 Å². The van der Waals surface area contributed by atoms with E-state index in [0.717, 1.165) is 38.5 Å². The summed E-state index contributed by atoms with van der Waals surface area (Å²) >= 11 is 0. The molecule has 0 radical (unpaired) electrons. The zero-order chi connectivity index (χ0) is 27.6. The number of hydrogen-bond acceptors (Lipinski definition) is 4. The van der Waals surface area contributed by atoms with Gasteiger partial charge in [0.25, 0.3) is 0 Å². The molecule has 216 valence electrons. The summed E-state index contributed by atoms with van der Waals surface area (Å²) in [6.45, 7) is 3.57. The summed E-state index contributed by atoms with van der Waals surface area (Å²) in [5.74, 6) is -3.09. The van der Waals surface area contributed by atoms with Crippen LogP contribution in [-0.2, 0) is 14.4 Å². The highest BCUT2D eigenvalue weighted by Gasteiger charge is 2.28. The first-order valence-corrected chi connectivity index (χ1v) is 14.9. The van der Waals surface area contributed by atoms with Crippen LogP contribution in [0.4, 0.5) is 0 Å². The molecule has 0 heterocycles. The molecule has 0 aliphatic heterocycles. The van der Waals surface area contributed by atoms with Gasteiger partial charge in [-0.25, -0.2) is 0 Å². The highest BCUT2D eigenvalue weighted by Crippen LogP contribution is 2.16. The predicted octanol–water partition coefficient (Wildman–Crippen LogP) is 6.10. The van der Waals surface area contributed by atoms with Gasteiger partial charge in [-0.3, -0.25) is 9.59 Å². The third-order valence-corrected chi connectivity index (χ3v) is 7.28. The van der Waals surface area contributed by atoms with Crippen molar-refractivity contribution in [2.75, 3.05) is 26.2 Å². The van der Waals surface area contributed by atoms with E-state index in [4.69, 9.17) is 10.2 Å². The van der Waals surface area contributed by atoms with Crippen molar-refractivity contribution < 1.29 is 34.2 Å². The van der Waals surface area contributed by atoms with Crippen LogP contribution in [0, 0.1) is 0 Å². The van der Waals surface area contributed by atoms with Crippen LogP contribution in [0.25, 0.3) is 0 Å². The third kappa shape index (κ3) is 24.2. The topological polar surface area (TPSA) is 115 Å². The monoisotopic (exact) mass is 525 g/mol. The molecule has 7 heteroatoms. The minimum Gasteiger partial charge on any atom is -0.550 e. The fourth-order valence-corrected chi connectivity index (χ4v) is 4.89. The van der Waals surface area contributed by atoms with Crippen molar-refractivity contribution >= 4 is 17.9 Å². The summed E-state index contributed by atoms with van der Waals surface area (Å²) in [6.07, 6.45) is 25.4. The molecule has 0 atom stereocenters. The second-order valence-electron chi connectivity index (χ2n) is 10.6. The van der Waals surface area contributed by atoms with Gasteiger partial charge in [0.1, 0.15) is 0 Å². The number of carbonyl (C=O) groups excluding carboxylic acids is 1. The van der Waals surface area contributed by atoms with Crippen LogP contribution in [0.2, 0.25) is 0 Å². The van der Waals surface area contributed by atoms with Crippen LogP contribution in [0.1, 0.15) is 135 Å². The van der Waals surface area contributed by atoms with Gasteiger partial charge in [0, 0.05) is 12.4 Å². The molecule has 7 nitrogen and oxygen atoms in total. The fraction of sp³-hybridized carbons (Fsp3) is 0.833. The molecule has 0 aromatic heterocycles. The quantitative estimate of drug-likeness (QED) is 0.0724. The van der Waals surface area contributed by atoms with Crippen molar-refractivity contribution in [3.8, 4) is 0 Å². The summed E-state index contributed by atoms with van der Waals surface area (Å²) < 4.78 is 0.214. The molecule has 0 aliphatic rings. The van der Waals surface area contributed by atoms with E-state index < -0.39 is 17.9 Å². The van der Waals surface area contributed by atoms with E-state index >= 15 is 0 Å². The Morgan fingerprint density at radius 3 is 1.35 bits per heavy atom. The molecule has 0 bridgehead atoms. The normalized spacial score (nSPS) is 11.8. The summed E-state index contributed by atoms with van der Waals surface area (Å²) in [5.41, 5.74) is 0. The molecule has 0 fully saturated rings. The van der Waals surface area contributed by atoms with Gasteiger partial charge in [0.15, 0.2) is 0 Å². The molecule has 0 aromatic carbocycles. The van der Waals surface area contributed by atoms with E-state index in [1.807, 2.05) is 0 Å². The molecular weight excluding hydrogens is 470 g/mol. The SMILES string of the molecule is CCCCCCCCCCCCC/C=C/CCCCCC[N+](CCC(=O)[O-])(CCC(=O)O)CCC(=O)O. The van der Waals surface area contributed by atoms with Crippen molar-refractivity contribution in [3.63, 3.8) is 0 Å². The lowest BCUT2D eigenvalue weighted by Gasteiger charge is -2.38. The lowest BCUT2D eigenvalue weighted by atomic mass is 10.1. The van der Waals surface area contributed by atoms with Gasteiger partial charge in [0.05, 0.1) is 39.0 Å². The summed E-state index contributed by atoms with van der Waals surface area (Å²) in [4.78, 5) is 33.2. The van der Waals surface area contributed by atoms with Crippen molar-refractivity contribution in [1.29, 1.82) is 0 Å². The molecule has 0 saturated heterocycles. The van der Waals surface area contributed by atoms with Crippen molar-refractivity contribution in [1.82, 2.24) is 0 Å². The zero-order valence-corrected chi connectivity index (χ0v) is 23.6. The summed E-state index contributed by atoms with van der Waals surface area (Å²) in [5, 5.41) is 29.2. The molecule has 0 amide bonds. The molecule has 0 spiro atoms. The van der Waals surface area contributed by atoms with Gasteiger partial charge < -0.3 is 24.6 Å². The maximum atomic E-state index is 11.1. The maximum absolute atomic E-state index is 11.1. The van der Waals surface area contributed by atoms with E-state index in [1.54, 1.807) is 0 Å². The average molecular weight is 526 g/mol. The smallest absolute Gasteiger partial charge is 0.309 e. The number of hydrogen-bond donors (Lipinski definition) is 2. The lowest BCUT2D eigenvalue weighted by molar-refractivity contribution is -0.927. The highest BCUT2D eigenvalue weighted by atomic mass is 16.4. The van der Waals surface area contributed by atoms with Crippen LogP contribution in [0.5, 0.6) is 0 Å². The number of unbranched alkanes of at least 4 members (excludes halogenated alkanes) is 15. The zero-order valence-electron chi connectivity index (χ0n) is 23.6. The average Bonchev–Trinajstić information content (AvgIpc) is 2.85. The van der Waals surface area contributed by atoms with Crippen LogP contribution in [0.3, 0.4) is 0 Å². The number of carboxylic acid groups (broad SMARTS) is 3. The first-order valence-electron chi connectivity index (χ1n) is 14.9. The second-order valence-corrected chi connectivity index (χ2v) is 10.6. The maximum Gasteiger partial charge on any atom is 0.309 e. The number of aliphatic carboxylic acids is 3. The van der Waals surface area contributed by atoms with Gasteiger partial charge in [0.2, 0.25) is 0 Å². The Hall–Kier alpha value is -1.89.